The van der Waals surface area contributed by atoms with Crippen LogP contribution in [0.3, 0.4) is 0 Å². The Morgan fingerprint density at radius 3 is 2.20 bits per heavy atom. The number of hydrogen-bond acceptors (Lipinski definition) is 6. The van der Waals surface area contributed by atoms with E-state index in [4.69, 9.17) is 10.5 Å². The monoisotopic (exact) mass is 544 g/mol. The van der Waals surface area contributed by atoms with Crippen molar-refractivity contribution in [2.45, 2.75) is 43.4 Å². The highest BCUT2D eigenvalue weighted by molar-refractivity contribution is 5.97. The molecule has 3 aromatic rings. The average molecular weight is 545 g/mol. The summed E-state index contributed by atoms with van der Waals surface area (Å²) in [4.78, 5) is 30.9. The van der Waals surface area contributed by atoms with Crippen molar-refractivity contribution in [3.8, 4) is 5.75 Å². The number of nitrogen functional groups attached to an aromatic ring is 1. The first kappa shape index (κ1) is 29.1. The zero-order valence-corrected chi connectivity index (χ0v) is 23.7. The molecule has 1 fully saturated rings. The highest BCUT2D eigenvalue weighted by Gasteiger charge is 2.45. The number of nitrogens with two attached hydrogens (primary N) is 1. The van der Waals surface area contributed by atoms with Crippen molar-refractivity contribution in [2.24, 2.45) is 0 Å². The van der Waals surface area contributed by atoms with Crippen molar-refractivity contribution in [1.29, 1.82) is 0 Å². The van der Waals surface area contributed by atoms with E-state index in [2.05, 4.69) is 17.1 Å². The van der Waals surface area contributed by atoms with Crippen LogP contribution in [0, 0.1) is 0 Å². The second-order valence-electron chi connectivity index (χ2n) is 10.8. The molecule has 8 nitrogen and oxygen atoms in total. The molecule has 1 aliphatic rings. The Bertz CT molecular complexity index is 1260. The fraction of sp³-hybridized carbons (Fsp3) is 0.375. The summed E-state index contributed by atoms with van der Waals surface area (Å²) in [6.45, 7) is 3.15. The molecule has 3 atom stereocenters. The molecular formula is C32H40N4O4. The SMILES string of the molecule is COc1cc(N)ccc1C(=O)N[C@H]1CCN(C(C)CC(C(=O)N(C)C)(c2ccccc2)c2ccccc2)C[C@H]1O. The molecule has 3 aromatic carbocycles. The summed E-state index contributed by atoms with van der Waals surface area (Å²) in [5.74, 6) is 0.0878. The number of likely N-dealkylation sites (tertiary alicyclic amines) is 1. The molecule has 0 aromatic heterocycles. The van der Waals surface area contributed by atoms with Crippen LogP contribution in [-0.2, 0) is 10.2 Å². The number of benzene rings is 3. The number of aliphatic hydroxyl groups excluding tert-OH is 1. The summed E-state index contributed by atoms with van der Waals surface area (Å²) in [6, 6.07) is 24.3. The van der Waals surface area contributed by atoms with Crippen LogP contribution < -0.4 is 15.8 Å². The number of nitrogens with one attached hydrogen (secondary N) is 1. The third kappa shape index (κ3) is 5.98. The zero-order valence-electron chi connectivity index (χ0n) is 23.7. The van der Waals surface area contributed by atoms with Gasteiger partial charge in [-0.1, -0.05) is 60.7 Å². The maximum Gasteiger partial charge on any atom is 0.255 e. The molecule has 2 amide bonds. The molecule has 1 heterocycles. The zero-order chi connectivity index (χ0) is 28.9. The van der Waals surface area contributed by atoms with Crippen LogP contribution in [0.1, 0.15) is 41.3 Å². The Balaban J connectivity index is 1.54. The van der Waals surface area contributed by atoms with E-state index in [-0.39, 0.29) is 17.9 Å². The summed E-state index contributed by atoms with van der Waals surface area (Å²) in [5.41, 5.74) is 7.68. The van der Waals surface area contributed by atoms with E-state index in [1.165, 1.54) is 7.11 Å². The Hall–Kier alpha value is -3.88. The third-order valence-electron chi connectivity index (χ3n) is 7.93. The van der Waals surface area contributed by atoms with Crippen molar-refractivity contribution in [2.75, 3.05) is 40.0 Å². The van der Waals surface area contributed by atoms with Crippen molar-refractivity contribution < 1.29 is 19.4 Å². The summed E-state index contributed by atoms with van der Waals surface area (Å²) in [6.07, 6.45) is 0.330. The lowest BCUT2D eigenvalue weighted by molar-refractivity contribution is -0.134. The Labute approximate surface area is 236 Å². The first-order valence-electron chi connectivity index (χ1n) is 13.7. The van der Waals surface area contributed by atoms with Gasteiger partial charge in [-0.3, -0.25) is 14.5 Å². The Kier molecular flexibility index (Phi) is 9.12. The molecule has 0 bridgehead atoms. The molecule has 8 heteroatoms. The van der Waals surface area contributed by atoms with Gasteiger partial charge in [0.25, 0.3) is 5.91 Å². The number of amides is 2. The number of ether oxygens (including phenoxy) is 1. The lowest BCUT2D eigenvalue weighted by atomic mass is 9.69. The second-order valence-corrected chi connectivity index (χ2v) is 10.8. The van der Waals surface area contributed by atoms with Crippen LogP contribution in [0.15, 0.2) is 78.9 Å². The van der Waals surface area contributed by atoms with Crippen LogP contribution in [0.25, 0.3) is 0 Å². The minimum atomic E-state index is -0.896. The summed E-state index contributed by atoms with van der Waals surface area (Å²) >= 11 is 0. The minimum Gasteiger partial charge on any atom is -0.496 e. The number of nitrogens with zero attached hydrogens (tertiary/aromatic N) is 2. The Morgan fingerprint density at radius 1 is 1.07 bits per heavy atom. The third-order valence-corrected chi connectivity index (χ3v) is 7.93. The minimum absolute atomic E-state index is 0.0110. The van der Waals surface area contributed by atoms with Gasteiger partial charge >= 0.3 is 0 Å². The van der Waals surface area contributed by atoms with E-state index in [0.29, 0.717) is 42.9 Å². The number of rotatable bonds is 9. The van der Waals surface area contributed by atoms with Gasteiger partial charge in [-0.05, 0) is 43.0 Å². The Morgan fingerprint density at radius 2 is 1.68 bits per heavy atom. The maximum atomic E-state index is 14.0. The number of carbonyl (C=O) groups is 2. The maximum absolute atomic E-state index is 14.0. The van der Waals surface area contributed by atoms with E-state index >= 15 is 0 Å². The van der Waals surface area contributed by atoms with Crippen molar-refractivity contribution in [3.05, 3.63) is 95.6 Å². The first-order valence-corrected chi connectivity index (χ1v) is 13.7. The van der Waals surface area contributed by atoms with Gasteiger partial charge in [0.15, 0.2) is 0 Å². The van der Waals surface area contributed by atoms with E-state index < -0.39 is 17.6 Å². The first-order chi connectivity index (χ1) is 19.2. The van der Waals surface area contributed by atoms with Gasteiger partial charge in [0.05, 0.1) is 24.8 Å². The number of methoxy groups -OCH3 is 1. The highest BCUT2D eigenvalue weighted by Crippen LogP contribution is 2.40. The average Bonchev–Trinajstić information content (AvgIpc) is 2.97. The smallest absolute Gasteiger partial charge is 0.255 e. The number of β-amino-alcohol motifs (C(OH)–C–C–N with tert-alkyl or cyclic N) is 1. The molecule has 0 saturated carbocycles. The molecule has 1 aliphatic heterocycles. The molecular weight excluding hydrogens is 504 g/mol. The molecule has 4 N–H and O–H groups in total. The number of hydrogen-bond donors (Lipinski definition) is 3. The van der Waals surface area contributed by atoms with Crippen molar-refractivity contribution >= 4 is 17.5 Å². The van der Waals surface area contributed by atoms with E-state index in [9.17, 15) is 14.7 Å². The van der Waals surface area contributed by atoms with Crippen LogP contribution in [0.4, 0.5) is 5.69 Å². The van der Waals surface area contributed by atoms with Gasteiger partial charge in [-0.15, -0.1) is 0 Å². The van der Waals surface area contributed by atoms with E-state index in [1.54, 1.807) is 37.2 Å². The van der Waals surface area contributed by atoms with Crippen LogP contribution in [0.5, 0.6) is 5.75 Å². The lowest BCUT2D eigenvalue weighted by Crippen LogP contribution is -2.57. The van der Waals surface area contributed by atoms with E-state index in [0.717, 1.165) is 11.1 Å². The van der Waals surface area contributed by atoms with Crippen LogP contribution >= 0.6 is 0 Å². The molecule has 212 valence electrons. The molecule has 0 radical (unpaired) electrons. The lowest BCUT2D eigenvalue weighted by Gasteiger charge is -2.44. The normalized spacial score (nSPS) is 18.5. The fourth-order valence-corrected chi connectivity index (χ4v) is 5.80. The number of likely N-dealkylation sites (N-methyl/N-ethyl adjacent to an activating group) is 1. The highest BCUT2D eigenvalue weighted by atomic mass is 16.5. The van der Waals surface area contributed by atoms with Crippen molar-refractivity contribution in [3.63, 3.8) is 0 Å². The number of anilines is 1. The standard InChI is InChI=1S/C32H40N4O4/c1-22(20-32(31(39)35(2)3,23-11-7-5-8-12-23)24-13-9-6-10-14-24)36-18-17-27(28(37)21-36)34-30(38)26-16-15-25(33)19-29(26)40-4/h5-16,19,22,27-28,37H,17-18,20-21,33H2,1-4H3,(H,34,38)/t22?,27-,28+/m0/s1. The van der Waals surface area contributed by atoms with Crippen molar-refractivity contribution in [1.82, 2.24) is 15.1 Å². The number of carbonyl (C=O) groups excluding carboxylic acids is 2. The van der Waals surface area contributed by atoms with Gasteiger partial charge < -0.3 is 25.8 Å². The fourth-order valence-electron chi connectivity index (χ4n) is 5.80. The van der Waals surface area contributed by atoms with Crippen LogP contribution in [0.2, 0.25) is 0 Å². The summed E-state index contributed by atoms with van der Waals surface area (Å²) < 4.78 is 5.32. The van der Waals surface area contributed by atoms with E-state index in [1.807, 2.05) is 60.7 Å². The topological polar surface area (TPSA) is 108 Å². The molecule has 0 spiro atoms. The van der Waals surface area contributed by atoms with Gasteiger partial charge in [-0.2, -0.15) is 0 Å². The van der Waals surface area contributed by atoms with Gasteiger partial charge in [-0.25, -0.2) is 0 Å². The molecule has 4 rings (SSSR count). The van der Waals surface area contributed by atoms with Gasteiger partial charge in [0.1, 0.15) is 11.2 Å². The largest absolute Gasteiger partial charge is 0.496 e. The summed E-state index contributed by atoms with van der Waals surface area (Å²) in [7, 11) is 5.08. The number of aliphatic hydroxyl groups is 1. The molecule has 1 saturated heterocycles. The molecule has 0 aliphatic carbocycles. The molecule has 1 unspecified atom stereocenters. The van der Waals surface area contributed by atoms with Crippen LogP contribution in [-0.4, -0.2) is 79.2 Å². The predicted molar refractivity (Wildman–Crippen MR) is 157 cm³/mol. The van der Waals surface area contributed by atoms with Gasteiger partial charge in [0.2, 0.25) is 5.91 Å². The second kappa shape index (κ2) is 12.5. The number of piperidine rings is 1. The quantitative estimate of drug-likeness (QED) is 0.357. The predicted octanol–water partition coefficient (Wildman–Crippen LogP) is 3.30. The van der Waals surface area contributed by atoms with Gasteiger partial charge in [0, 0.05) is 45.0 Å². The molecule has 40 heavy (non-hydrogen) atoms. The summed E-state index contributed by atoms with van der Waals surface area (Å²) in [5, 5.41) is 14.1.